The lowest BCUT2D eigenvalue weighted by Crippen LogP contribution is -2.26. The van der Waals surface area contributed by atoms with Crippen LogP contribution in [0.5, 0.6) is 0 Å². The van der Waals surface area contributed by atoms with E-state index in [0.29, 0.717) is 30.3 Å². The van der Waals surface area contributed by atoms with Gasteiger partial charge in [0.25, 0.3) is 0 Å². The number of hydrogen-bond acceptors (Lipinski definition) is 3. The monoisotopic (exact) mass is 291 g/mol. The highest BCUT2D eigenvalue weighted by atomic mass is 35.5. The molecule has 0 heterocycles. The number of aliphatic hydroxyl groups excluding tert-OH is 1. The lowest BCUT2D eigenvalue weighted by atomic mass is 10.1. The molecular weight excluding hydrogens is 274 g/mol. The van der Waals surface area contributed by atoms with Crippen LogP contribution in [0.2, 0.25) is 5.02 Å². The normalized spacial score (nSPS) is 13.5. The number of halogens is 1. The molecule has 0 amide bonds. The molecule has 1 aromatic rings. The molecule has 6 heteroatoms. The second-order valence-corrected chi connectivity index (χ2v) is 6.46. The van der Waals surface area contributed by atoms with Crippen molar-refractivity contribution in [2.45, 2.75) is 24.7 Å². The molecule has 18 heavy (non-hydrogen) atoms. The Bertz CT molecular complexity index is 459. The van der Waals surface area contributed by atoms with E-state index in [0.717, 1.165) is 0 Å². The van der Waals surface area contributed by atoms with Crippen LogP contribution in [0.1, 0.15) is 19.8 Å². The van der Waals surface area contributed by atoms with Gasteiger partial charge < -0.3 is 5.11 Å². The first-order valence-electron chi connectivity index (χ1n) is 5.82. The molecule has 0 fully saturated rings. The lowest BCUT2D eigenvalue weighted by molar-refractivity contribution is 0.259. The van der Waals surface area contributed by atoms with Gasteiger partial charge >= 0.3 is 0 Å². The Morgan fingerprint density at radius 3 is 2.44 bits per heavy atom. The van der Waals surface area contributed by atoms with E-state index in [9.17, 15) is 8.42 Å². The van der Waals surface area contributed by atoms with Crippen LogP contribution in [-0.4, -0.2) is 26.7 Å². The zero-order valence-electron chi connectivity index (χ0n) is 10.3. The van der Waals surface area contributed by atoms with Crippen molar-refractivity contribution in [3.05, 3.63) is 29.3 Å². The van der Waals surface area contributed by atoms with Crippen molar-refractivity contribution in [1.82, 2.24) is 4.72 Å². The third-order valence-corrected chi connectivity index (χ3v) is 4.40. The first kappa shape index (κ1) is 15.4. The van der Waals surface area contributed by atoms with Crippen LogP contribution >= 0.6 is 11.6 Å². The minimum absolute atomic E-state index is 0.130. The third-order valence-electron chi connectivity index (χ3n) is 2.68. The van der Waals surface area contributed by atoms with Gasteiger partial charge in [-0.05, 0) is 43.0 Å². The number of aliphatic hydroxyl groups is 1. The van der Waals surface area contributed by atoms with Crippen LogP contribution in [0.15, 0.2) is 29.2 Å². The molecule has 1 atom stereocenters. The molecule has 0 aliphatic carbocycles. The molecule has 0 aromatic heterocycles. The Morgan fingerprint density at radius 2 is 1.89 bits per heavy atom. The molecule has 0 saturated carbocycles. The van der Waals surface area contributed by atoms with Crippen molar-refractivity contribution >= 4 is 21.6 Å². The zero-order chi connectivity index (χ0) is 13.6. The summed E-state index contributed by atoms with van der Waals surface area (Å²) in [7, 11) is -3.46. The summed E-state index contributed by atoms with van der Waals surface area (Å²) in [6.45, 7) is 2.48. The maximum atomic E-state index is 11.9. The van der Waals surface area contributed by atoms with Crippen LogP contribution in [0.4, 0.5) is 0 Å². The van der Waals surface area contributed by atoms with Gasteiger partial charge in [0.05, 0.1) is 4.90 Å². The van der Waals surface area contributed by atoms with E-state index in [1.807, 2.05) is 6.92 Å². The summed E-state index contributed by atoms with van der Waals surface area (Å²) in [6, 6.07) is 6.04. The Balaban J connectivity index is 2.52. The fourth-order valence-electron chi connectivity index (χ4n) is 1.50. The summed E-state index contributed by atoms with van der Waals surface area (Å²) in [6.07, 6.45) is 1.38. The highest BCUT2D eigenvalue weighted by molar-refractivity contribution is 7.89. The van der Waals surface area contributed by atoms with E-state index in [1.54, 1.807) is 12.1 Å². The molecule has 0 saturated heterocycles. The van der Waals surface area contributed by atoms with Crippen LogP contribution in [0.3, 0.4) is 0 Å². The van der Waals surface area contributed by atoms with E-state index < -0.39 is 10.0 Å². The molecule has 0 radical (unpaired) electrons. The van der Waals surface area contributed by atoms with Gasteiger partial charge in [-0.25, -0.2) is 13.1 Å². The van der Waals surface area contributed by atoms with Gasteiger partial charge in [-0.2, -0.15) is 0 Å². The predicted molar refractivity (Wildman–Crippen MR) is 72.1 cm³/mol. The van der Waals surface area contributed by atoms with Gasteiger partial charge in [0.1, 0.15) is 0 Å². The maximum Gasteiger partial charge on any atom is 0.240 e. The van der Waals surface area contributed by atoms with Crippen molar-refractivity contribution in [3.63, 3.8) is 0 Å². The Hall–Kier alpha value is -0.620. The minimum Gasteiger partial charge on any atom is -0.396 e. The largest absolute Gasteiger partial charge is 0.396 e. The standard InChI is InChI=1S/C12H18ClNO3S/c1-10(7-9-15)6-8-14-18(16,17)12-4-2-11(13)3-5-12/h2-5,10,14-15H,6-9H2,1H3. The van der Waals surface area contributed by atoms with Crippen LogP contribution in [-0.2, 0) is 10.0 Å². The molecule has 0 spiro atoms. The van der Waals surface area contributed by atoms with Crippen molar-refractivity contribution in [1.29, 1.82) is 0 Å². The van der Waals surface area contributed by atoms with E-state index in [4.69, 9.17) is 16.7 Å². The average molecular weight is 292 g/mol. The first-order chi connectivity index (χ1) is 8.45. The van der Waals surface area contributed by atoms with Gasteiger partial charge in [0, 0.05) is 18.2 Å². The maximum absolute atomic E-state index is 11.9. The summed E-state index contributed by atoms with van der Waals surface area (Å²) in [5, 5.41) is 9.25. The van der Waals surface area contributed by atoms with E-state index in [2.05, 4.69) is 4.72 Å². The molecule has 1 rings (SSSR count). The molecular formula is C12H18ClNO3S. The summed E-state index contributed by atoms with van der Waals surface area (Å²) in [5.74, 6) is 0.294. The summed E-state index contributed by atoms with van der Waals surface area (Å²) in [5.41, 5.74) is 0. The quantitative estimate of drug-likeness (QED) is 0.808. The molecule has 0 aliphatic heterocycles. The van der Waals surface area contributed by atoms with Crippen LogP contribution in [0, 0.1) is 5.92 Å². The Kier molecular flexibility index (Phi) is 6.08. The summed E-state index contributed by atoms with van der Waals surface area (Å²) in [4.78, 5) is 0.210. The summed E-state index contributed by atoms with van der Waals surface area (Å²) < 4.78 is 26.3. The van der Waals surface area contributed by atoms with Crippen molar-refractivity contribution < 1.29 is 13.5 Å². The highest BCUT2D eigenvalue weighted by Crippen LogP contribution is 2.14. The first-order valence-corrected chi connectivity index (χ1v) is 7.68. The zero-order valence-corrected chi connectivity index (χ0v) is 11.8. The number of nitrogens with one attached hydrogen (secondary N) is 1. The fourth-order valence-corrected chi connectivity index (χ4v) is 2.68. The van der Waals surface area contributed by atoms with E-state index in [-0.39, 0.29) is 11.5 Å². The average Bonchev–Trinajstić information content (AvgIpc) is 2.29. The van der Waals surface area contributed by atoms with Crippen molar-refractivity contribution in [3.8, 4) is 0 Å². The van der Waals surface area contributed by atoms with E-state index >= 15 is 0 Å². The van der Waals surface area contributed by atoms with E-state index in [1.165, 1.54) is 12.1 Å². The van der Waals surface area contributed by atoms with Gasteiger partial charge in [-0.1, -0.05) is 18.5 Å². The molecule has 102 valence electrons. The van der Waals surface area contributed by atoms with Crippen LogP contribution in [0.25, 0.3) is 0 Å². The molecule has 2 N–H and O–H groups in total. The van der Waals surface area contributed by atoms with Gasteiger partial charge in [0.15, 0.2) is 0 Å². The molecule has 1 aromatic carbocycles. The smallest absolute Gasteiger partial charge is 0.240 e. The lowest BCUT2D eigenvalue weighted by Gasteiger charge is -2.11. The molecule has 4 nitrogen and oxygen atoms in total. The second-order valence-electron chi connectivity index (χ2n) is 4.26. The molecule has 1 unspecified atom stereocenters. The third kappa shape index (κ3) is 4.94. The minimum atomic E-state index is -3.46. The van der Waals surface area contributed by atoms with Crippen LogP contribution < -0.4 is 4.72 Å². The Labute approximate surface area is 113 Å². The SMILES string of the molecule is CC(CCO)CCNS(=O)(=O)c1ccc(Cl)cc1. The van der Waals surface area contributed by atoms with Gasteiger partial charge in [0.2, 0.25) is 10.0 Å². The fraction of sp³-hybridized carbons (Fsp3) is 0.500. The Morgan fingerprint density at radius 1 is 1.28 bits per heavy atom. The van der Waals surface area contributed by atoms with Gasteiger partial charge in [-0.15, -0.1) is 0 Å². The van der Waals surface area contributed by atoms with Gasteiger partial charge in [-0.3, -0.25) is 0 Å². The second kappa shape index (κ2) is 7.09. The van der Waals surface area contributed by atoms with Crippen molar-refractivity contribution in [2.24, 2.45) is 5.92 Å². The number of sulfonamides is 1. The topological polar surface area (TPSA) is 66.4 Å². The molecule has 0 bridgehead atoms. The number of rotatable bonds is 7. The number of hydrogen-bond donors (Lipinski definition) is 2. The number of benzene rings is 1. The highest BCUT2D eigenvalue weighted by Gasteiger charge is 2.13. The summed E-state index contributed by atoms with van der Waals surface area (Å²) >= 11 is 5.70. The predicted octanol–water partition coefficient (Wildman–Crippen LogP) is 2.03. The van der Waals surface area contributed by atoms with Crippen molar-refractivity contribution in [2.75, 3.05) is 13.2 Å². The molecule has 0 aliphatic rings.